The molecule has 82 valence electrons. The zero-order valence-electron chi connectivity index (χ0n) is 8.08. The number of nitrogens with zero attached hydrogens (tertiary/aromatic N) is 1. The van der Waals surface area contributed by atoms with Gasteiger partial charge in [0.25, 0.3) is 0 Å². The average molecular weight is 384 g/mol. The van der Waals surface area contributed by atoms with E-state index >= 15 is 0 Å². The largest absolute Gasteiger partial charge is 0.473 e. The molecule has 2 heterocycles. The Labute approximate surface area is 111 Å². The Bertz CT molecular complexity index is 342. The van der Waals surface area contributed by atoms with Crippen molar-refractivity contribution in [1.29, 1.82) is 0 Å². The van der Waals surface area contributed by atoms with E-state index in [9.17, 15) is 0 Å². The van der Waals surface area contributed by atoms with Gasteiger partial charge in [0.05, 0.1) is 16.8 Å². The van der Waals surface area contributed by atoms with Gasteiger partial charge in [0.15, 0.2) is 0 Å². The van der Waals surface area contributed by atoms with Gasteiger partial charge in [-0.15, -0.1) is 0 Å². The molecule has 3 nitrogen and oxygen atoms in total. The predicted molar refractivity (Wildman–Crippen MR) is 69.1 cm³/mol. The number of pyridine rings is 1. The molecule has 0 bridgehead atoms. The van der Waals surface area contributed by atoms with Crippen LogP contribution in [0.3, 0.4) is 0 Å². The molecule has 0 aromatic carbocycles. The second-order valence-electron chi connectivity index (χ2n) is 3.37. The van der Waals surface area contributed by atoms with Crippen LogP contribution in [0.4, 0.5) is 0 Å². The van der Waals surface area contributed by atoms with E-state index in [1.54, 1.807) is 6.20 Å². The maximum Gasteiger partial charge on any atom is 0.227 e. The number of hydrogen-bond donors (Lipinski definition) is 0. The number of ether oxygens (including phenoxy) is 2. The van der Waals surface area contributed by atoms with Crippen LogP contribution in [-0.4, -0.2) is 24.3 Å². The number of aromatic nitrogens is 1. The Balaban J connectivity index is 2.03. The van der Waals surface area contributed by atoms with Gasteiger partial charge in [-0.1, -0.05) is 0 Å². The standard InChI is InChI=1S/C10H11BrINO2/c11-7-5-9(12)10(13-6-7)15-8-1-3-14-4-2-8/h5-6,8H,1-4H2. The molecular formula is C10H11BrINO2. The second-order valence-corrected chi connectivity index (χ2v) is 5.45. The fourth-order valence-electron chi connectivity index (χ4n) is 1.44. The number of halogens is 2. The van der Waals surface area contributed by atoms with Gasteiger partial charge in [-0.3, -0.25) is 0 Å². The molecule has 5 heteroatoms. The molecule has 0 amide bonds. The Kier molecular flexibility index (Phi) is 4.21. The van der Waals surface area contributed by atoms with Crippen LogP contribution in [0.2, 0.25) is 0 Å². The van der Waals surface area contributed by atoms with E-state index < -0.39 is 0 Å². The van der Waals surface area contributed by atoms with Crippen LogP contribution in [0.1, 0.15) is 12.8 Å². The molecule has 0 saturated carbocycles. The average Bonchev–Trinajstić information content (AvgIpc) is 2.24. The van der Waals surface area contributed by atoms with Gasteiger partial charge in [0, 0.05) is 23.5 Å². The lowest BCUT2D eigenvalue weighted by molar-refractivity contribution is 0.0233. The number of hydrogen-bond acceptors (Lipinski definition) is 3. The summed E-state index contributed by atoms with van der Waals surface area (Å²) in [6.45, 7) is 1.58. The van der Waals surface area contributed by atoms with Crippen molar-refractivity contribution in [3.63, 3.8) is 0 Å². The molecule has 0 aliphatic carbocycles. The van der Waals surface area contributed by atoms with Crippen molar-refractivity contribution < 1.29 is 9.47 Å². The first kappa shape index (κ1) is 11.6. The molecule has 1 saturated heterocycles. The molecule has 1 aliphatic rings. The Hall–Kier alpha value is 0.120. The second kappa shape index (κ2) is 5.45. The lowest BCUT2D eigenvalue weighted by atomic mass is 10.2. The first-order chi connectivity index (χ1) is 7.25. The third-order valence-corrected chi connectivity index (χ3v) is 3.43. The van der Waals surface area contributed by atoms with Crippen molar-refractivity contribution in [2.75, 3.05) is 13.2 Å². The van der Waals surface area contributed by atoms with Gasteiger partial charge in [-0.05, 0) is 44.6 Å². The van der Waals surface area contributed by atoms with Crippen molar-refractivity contribution in [2.24, 2.45) is 0 Å². The third-order valence-electron chi connectivity index (χ3n) is 2.22. The van der Waals surface area contributed by atoms with Crippen molar-refractivity contribution in [3.8, 4) is 5.88 Å². The van der Waals surface area contributed by atoms with Gasteiger partial charge >= 0.3 is 0 Å². The van der Waals surface area contributed by atoms with E-state index in [0.717, 1.165) is 40.0 Å². The predicted octanol–water partition coefficient (Wildman–Crippen LogP) is 3.01. The van der Waals surface area contributed by atoms with E-state index in [1.807, 2.05) is 6.07 Å². The molecule has 15 heavy (non-hydrogen) atoms. The summed E-state index contributed by atoms with van der Waals surface area (Å²) in [5, 5.41) is 0. The minimum absolute atomic E-state index is 0.251. The summed E-state index contributed by atoms with van der Waals surface area (Å²) in [4.78, 5) is 4.25. The van der Waals surface area contributed by atoms with Crippen LogP contribution >= 0.6 is 38.5 Å². The minimum atomic E-state index is 0.251. The van der Waals surface area contributed by atoms with Gasteiger partial charge in [0.2, 0.25) is 5.88 Å². The first-order valence-corrected chi connectivity index (χ1v) is 6.68. The lowest BCUT2D eigenvalue weighted by Gasteiger charge is -2.23. The molecule has 2 rings (SSSR count). The van der Waals surface area contributed by atoms with Crippen molar-refractivity contribution in [1.82, 2.24) is 4.98 Å². The number of rotatable bonds is 2. The molecule has 1 aromatic rings. The fourth-order valence-corrected chi connectivity index (χ4v) is 2.80. The highest BCUT2D eigenvalue weighted by atomic mass is 127. The molecule has 0 atom stereocenters. The fraction of sp³-hybridized carbons (Fsp3) is 0.500. The highest BCUT2D eigenvalue weighted by molar-refractivity contribution is 14.1. The Morgan fingerprint density at radius 1 is 1.47 bits per heavy atom. The molecule has 1 aromatic heterocycles. The maximum absolute atomic E-state index is 5.82. The molecule has 1 fully saturated rings. The highest BCUT2D eigenvalue weighted by Crippen LogP contribution is 2.24. The van der Waals surface area contributed by atoms with E-state index in [2.05, 4.69) is 43.5 Å². The van der Waals surface area contributed by atoms with Crippen molar-refractivity contribution >= 4 is 38.5 Å². The molecule has 0 N–H and O–H groups in total. The quantitative estimate of drug-likeness (QED) is 0.735. The summed E-state index contributed by atoms with van der Waals surface area (Å²) in [5.41, 5.74) is 0. The summed E-state index contributed by atoms with van der Waals surface area (Å²) in [6.07, 6.45) is 3.92. The van der Waals surface area contributed by atoms with Crippen LogP contribution in [0.25, 0.3) is 0 Å². The smallest absolute Gasteiger partial charge is 0.227 e. The van der Waals surface area contributed by atoms with Gasteiger partial charge < -0.3 is 9.47 Å². The van der Waals surface area contributed by atoms with Crippen LogP contribution in [0, 0.1) is 3.57 Å². The molecule has 0 unspecified atom stereocenters. The normalized spacial score (nSPS) is 17.7. The monoisotopic (exact) mass is 383 g/mol. The van der Waals surface area contributed by atoms with E-state index in [-0.39, 0.29) is 6.10 Å². The topological polar surface area (TPSA) is 31.4 Å². The molecule has 0 radical (unpaired) electrons. The summed E-state index contributed by atoms with van der Waals surface area (Å²) in [5.74, 6) is 0.728. The van der Waals surface area contributed by atoms with Gasteiger partial charge in [0.1, 0.15) is 6.10 Å². The zero-order chi connectivity index (χ0) is 10.7. The van der Waals surface area contributed by atoms with Crippen molar-refractivity contribution in [2.45, 2.75) is 18.9 Å². The Morgan fingerprint density at radius 3 is 2.87 bits per heavy atom. The van der Waals surface area contributed by atoms with Crippen LogP contribution in [0.15, 0.2) is 16.7 Å². The summed E-state index contributed by atoms with van der Waals surface area (Å²) in [7, 11) is 0. The zero-order valence-corrected chi connectivity index (χ0v) is 11.8. The van der Waals surface area contributed by atoms with Crippen LogP contribution < -0.4 is 4.74 Å². The van der Waals surface area contributed by atoms with Gasteiger partial charge in [-0.2, -0.15) is 0 Å². The third kappa shape index (κ3) is 3.29. The van der Waals surface area contributed by atoms with E-state index in [4.69, 9.17) is 9.47 Å². The summed E-state index contributed by atoms with van der Waals surface area (Å²) in [6, 6.07) is 2.00. The SMILES string of the molecule is Brc1cnc(OC2CCOCC2)c(I)c1. The highest BCUT2D eigenvalue weighted by Gasteiger charge is 2.17. The minimum Gasteiger partial charge on any atom is -0.473 e. The van der Waals surface area contributed by atoms with Crippen LogP contribution in [0.5, 0.6) is 5.88 Å². The summed E-state index contributed by atoms with van der Waals surface area (Å²) < 4.78 is 13.1. The van der Waals surface area contributed by atoms with E-state index in [1.165, 1.54) is 0 Å². The van der Waals surface area contributed by atoms with Gasteiger partial charge in [-0.25, -0.2) is 4.98 Å². The maximum atomic E-state index is 5.82. The molecular weight excluding hydrogens is 373 g/mol. The first-order valence-electron chi connectivity index (χ1n) is 4.81. The van der Waals surface area contributed by atoms with Crippen molar-refractivity contribution in [3.05, 3.63) is 20.3 Å². The van der Waals surface area contributed by atoms with E-state index in [0.29, 0.717) is 0 Å². The summed E-state index contributed by atoms with van der Waals surface area (Å²) >= 11 is 5.61. The van der Waals surface area contributed by atoms with Crippen LogP contribution in [-0.2, 0) is 4.74 Å². The molecule has 1 aliphatic heterocycles. The lowest BCUT2D eigenvalue weighted by Crippen LogP contribution is -2.26. The Morgan fingerprint density at radius 2 is 2.20 bits per heavy atom. The molecule has 0 spiro atoms.